The van der Waals surface area contributed by atoms with Crippen molar-refractivity contribution in [3.8, 4) is 0 Å². The summed E-state index contributed by atoms with van der Waals surface area (Å²) in [6.07, 6.45) is 1.31. The van der Waals surface area contributed by atoms with Crippen molar-refractivity contribution < 1.29 is 14.7 Å². The number of carbonyl (C=O) groups is 2. The highest BCUT2D eigenvalue weighted by atomic mass is 16.4. The van der Waals surface area contributed by atoms with E-state index >= 15 is 0 Å². The quantitative estimate of drug-likeness (QED) is 0.213. The van der Waals surface area contributed by atoms with Crippen molar-refractivity contribution in [2.45, 2.75) is 0 Å². The molecule has 2 rings (SSSR count). The van der Waals surface area contributed by atoms with Gasteiger partial charge in [0.25, 0.3) is 0 Å². The van der Waals surface area contributed by atoms with E-state index in [0.29, 0.717) is 16.8 Å². The fourth-order valence-electron chi connectivity index (χ4n) is 2.17. The molecule has 0 saturated carbocycles. The fourth-order valence-corrected chi connectivity index (χ4v) is 2.17. The first-order valence-corrected chi connectivity index (χ1v) is 7.33. The molecule has 6 nitrogen and oxygen atoms in total. The van der Waals surface area contributed by atoms with E-state index in [9.17, 15) is 14.7 Å². The molecule has 0 saturated heterocycles. The molecule has 5 N–H and O–H groups in total. The molecule has 0 atom stereocenters. The van der Waals surface area contributed by atoms with Crippen LogP contribution in [-0.2, 0) is 9.59 Å². The smallest absolute Gasteiger partial charge is 0.339 e. The average Bonchev–Trinajstić information content (AvgIpc) is 2.58. The minimum atomic E-state index is -1.33. The zero-order chi connectivity index (χ0) is 18.4. The SMILES string of the molecule is C=C(C(=O)C(=Cc1ccccc1)C(=O)O)c1cccc(NC(=N)N)c1. The molecule has 0 bridgehead atoms. The molecule has 0 unspecified atom stereocenters. The Morgan fingerprint density at radius 2 is 1.80 bits per heavy atom. The predicted molar refractivity (Wildman–Crippen MR) is 98.1 cm³/mol. The number of hydrogen-bond acceptors (Lipinski definition) is 3. The number of nitrogens with two attached hydrogens (primary N) is 1. The maximum absolute atomic E-state index is 12.6. The monoisotopic (exact) mass is 335 g/mol. The van der Waals surface area contributed by atoms with E-state index in [1.807, 2.05) is 0 Å². The molecule has 2 aromatic rings. The number of Topliss-reactive ketones (excluding diaryl/α,β-unsaturated/α-hetero) is 1. The first-order valence-electron chi connectivity index (χ1n) is 7.33. The van der Waals surface area contributed by atoms with Crippen LogP contribution >= 0.6 is 0 Å². The summed E-state index contributed by atoms with van der Waals surface area (Å²) < 4.78 is 0. The number of anilines is 1. The Kier molecular flexibility index (Phi) is 5.47. The third-order valence-electron chi connectivity index (χ3n) is 3.35. The summed E-state index contributed by atoms with van der Waals surface area (Å²) in [6.45, 7) is 3.72. The average molecular weight is 335 g/mol. The number of allylic oxidation sites excluding steroid dienone is 1. The molecule has 0 heterocycles. The van der Waals surface area contributed by atoms with E-state index in [2.05, 4.69) is 11.9 Å². The maximum atomic E-state index is 12.6. The number of carboxylic acid groups (broad SMARTS) is 1. The van der Waals surface area contributed by atoms with Crippen LogP contribution in [0.2, 0.25) is 0 Å². The summed E-state index contributed by atoms with van der Waals surface area (Å²) in [5, 5.41) is 19.2. The standard InChI is InChI=1S/C19H17N3O3/c1-12(14-8-5-9-15(11-14)22-19(20)21)17(23)16(18(24)25)10-13-6-3-2-4-7-13/h2-11H,1H2,(H,24,25)(H4,20,21,22). The Labute approximate surface area is 144 Å². The second kappa shape index (κ2) is 7.74. The van der Waals surface area contributed by atoms with E-state index in [1.54, 1.807) is 54.6 Å². The molecule has 25 heavy (non-hydrogen) atoms. The number of aliphatic carboxylic acids is 1. The van der Waals surface area contributed by atoms with Crippen LogP contribution in [0, 0.1) is 5.41 Å². The van der Waals surface area contributed by atoms with Gasteiger partial charge in [0, 0.05) is 11.3 Å². The number of guanidine groups is 1. The lowest BCUT2D eigenvalue weighted by atomic mass is 9.96. The third kappa shape index (κ3) is 4.65. The van der Waals surface area contributed by atoms with Crippen LogP contribution in [0.1, 0.15) is 11.1 Å². The Morgan fingerprint density at radius 1 is 1.12 bits per heavy atom. The van der Waals surface area contributed by atoms with Crippen molar-refractivity contribution in [3.63, 3.8) is 0 Å². The summed E-state index contributed by atoms with van der Waals surface area (Å²) in [4.78, 5) is 24.1. The number of carbonyl (C=O) groups excluding carboxylic acids is 1. The topological polar surface area (TPSA) is 116 Å². The number of carboxylic acids is 1. The van der Waals surface area contributed by atoms with Crippen LogP contribution in [0.25, 0.3) is 11.6 Å². The lowest BCUT2D eigenvalue weighted by Crippen LogP contribution is -2.20. The largest absolute Gasteiger partial charge is 0.478 e. The molecule has 0 aliphatic carbocycles. The molecule has 0 aliphatic heterocycles. The van der Waals surface area contributed by atoms with Crippen LogP contribution in [0.4, 0.5) is 5.69 Å². The molecule has 0 amide bonds. The van der Waals surface area contributed by atoms with Crippen LogP contribution in [0.5, 0.6) is 0 Å². The summed E-state index contributed by atoms with van der Waals surface area (Å²) in [6, 6.07) is 15.2. The minimum Gasteiger partial charge on any atom is -0.478 e. The molecule has 0 radical (unpaired) electrons. The van der Waals surface area contributed by atoms with Crippen LogP contribution in [0.3, 0.4) is 0 Å². The van der Waals surface area contributed by atoms with Gasteiger partial charge in [0.05, 0.1) is 0 Å². The number of benzene rings is 2. The molecular formula is C19H17N3O3. The number of rotatable bonds is 6. The highest BCUT2D eigenvalue weighted by Crippen LogP contribution is 2.22. The summed E-state index contributed by atoms with van der Waals surface area (Å²) in [5.41, 5.74) is 6.49. The highest BCUT2D eigenvalue weighted by Gasteiger charge is 2.21. The van der Waals surface area contributed by atoms with Crippen molar-refractivity contribution in [2.24, 2.45) is 5.73 Å². The Balaban J connectivity index is 2.34. The normalized spacial score (nSPS) is 10.8. The highest BCUT2D eigenvalue weighted by molar-refractivity contribution is 6.38. The van der Waals surface area contributed by atoms with Gasteiger partial charge in [0.2, 0.25) is 0 Å². The van der Waals surface area contributed by atoms with Gasteiger partial charge in [-0.15, -0.1) is 0 Å². The number of hydrogen-bond donors (Lipinski definition) is 4. The maximum Gasteiger partial charge on any atom is 0.339 e. The van der Waals surface area contributed by atoms with Gasteiger partial charge in [-0.05, 0) is 29.3 Å². The third-order valence-corrected chi connectivity index (χ3v) is 3.35. The Bertz CT molecular complexity index is 870. The van der Waals surface area contributed by atoms with Crippen LogP contribution in [0.15, 0.2) is 66.7 Å². The molecular weight excluding hydrogens is 318 g/mol. The molecule has 2 aromatic carbocycles. The van der Waals surface area contributed by atoms with E-state index in [0.717, 1.165) is 0 Å². The van der Waals surface area contributed by atoms with E-state index in [-0.39, 0.29) is 17.1 Å². The van der Waals surface area contributed by atoms with Crippen molar-refractivity contribution in [3.05, 3.63) is 77.9 Å². The predicted octanol–water partition coefficient (Wildman–Crippen LogP) is 2.74. The van der Waals surface area contributed by atoms with E-state index < -0.39 is 11.8 Å². The van der Waals surface area contributed by atoms with Gasteiger partial charge < -0.3 is 16.2 Å². The second-order valence-electron chi connectivity index (χ2n) is 5.20. The van der Waals surface area contributed by atoms with Gasteiger partial charge >= 0.3 is 5.97 Å². The van der Waals surface area contributed by atoms with E-state index in [4.69, 9.17) is 11.1 Å². The molecule has 0 aliphatic rings. The first kappa shape index (κ1) is 17.7. The lowest BCUT2D eigenvalue weighted by molar-refractivity contribution is -0.133. The van der Waals surface area contributed by atoms with Gasteiger partial charge in [-0.3, -0.25) is 10.2 Å². The first-order chi connectivity index (χ1) is 11.9. The van der Waals surface area contributed by atoms with E-state index in [1.165, 1.54) is 6.08 Å². The van der Waals surface area contributed by atoms with Gasteiger partial charge in [0.1, 0.15) is 5.57 Å². The van der Waals surface area contributed by atoms with Crippen LogP contribution in [-0.4, -0.2) is 22.8 Å². The Morgan fingerprint density at radius 3 is 2.40 bits per heavy atom. The minimum absolute atomic E-state index is 0.0387. The summed E-state index contributed by atoms with van der Waals surface area (Å²) in [5.74, 6) is -2.26. The van der Waals surface area contributed by atoms with Crippen LogP contribution < -0.4 is 11.1 Å². The molecule has 126 valence electrons. The van der Waals surface area contributed by atoms with Crippen molar-refractivity contribution >= 4 is 35.0 Å². The molecule has 0 spiro atoms. The van der Waals surface area contributed by atoms with Gasteiger partial charge in [-0.1, -0.05) is 49.0 Å². The summed E-state index contributed by atoms with van der Waals surface area (Å²) in [7, 11) is 0. The van der Waals surface area contributed by atoms with Crippen molar-refractivity contribution in [2.75, 3.05) is 5.32 Å². The zero-order valence-electron chi connectivity index (χ0n) is 13.3. The molecule has 0 aromatic heterocycles. The zero-order valence-corrected chi connectivity index (χ0v) is 13.3. The number of ketones is 1. The van der Waals surface area contributed by atoms with Crippen molar-refractivity contribution in [1.82, 2.24) is 0 Å². The summed E-state index contributed by atoms with van der Waals surface area (Å²) >= 11 is 0. The molecule has 0 fully saturated rings. The Hall–Kier alpha value is -3.67. The van der Waals surface area contributed by atoms with Gasteiger partial charge in [0.15, 0.2) is 11.7 Å². The number of nitrogens with one attached hydrogen (secondary N) is 2. The fraction of sp³-hybridized carbons (Fsp3) is 0. The van der Waals surface area contributed by atoms with Gasteiger partial charge in [-0.25, -0.2) is 4.79 Å². The second-order valence-corrected chi connectivity index (χ2v) is 5.20. The lowest BCUT2D eigenvalue weighted by Gasteiger charge is -2.09. The van der Waals surface area contributed by atoms with Gasteiger partial charge in [-0.2, -0.15) is 0 Å². The molecule has 6 heteroatoms. The van der Waals surface area contributed by atoms with Crippen molar-refractivity contribution in [1.29, 1.82) is 5.41 Å².